The van der Waals surface area contributed by atoms with E-state index in [2.05, 4.69) is 0 Å². The number of benzene rings is 2. The van der Waals surface area contributed by atoms with Gasteiger partial charge in [-0.15, -0.1) is 0 Å². The SMILES string of the molecule is CC(=O)c1ccc(S(=O)(=O)N2CCN(C(=O)C(C)(C)c3ccc(F)cc3)CC2)cc1. The van der Waals surface area contributed by atoms with Gasteiger partial charge < -0.3 is 4.90 Å². The Morgan fingerprint density at radius 1 is 0.900 bits per heavy atom. The first-order valence-electron chi connectivity index (χ1n) is 9.70. The summed E-state index contributed by atoms with van der Waals surface area (Å²) in [6, 6.07) is 11.7. The maximum Gasteiger partial charge on any atom is 0.243 e. The van der Waals surface area contributed by atoms with Crippen molar-refractivity contribution in [3.8, 4) is 0 Å². The highest BCUT2D eigenvalue weighted by Crippen LogP contribution is 2.27. The number of ketones is 1. The van der Waals surface area contributed by atoms with Crippen LogP contribution in [0.2, 0.25) is 0 Å². The number of carbonyl (C=O) groups is 2. The first-order chi connectivity index (χ1) is 14.0. The van der Waals surface area contributed by atoms with Gasteiger partial charge in [0.25, 0.3) is 0 Å². The quantitative estimate of drug-likeness (QED) is 0.681. The Bertz CT molecular complexity index is 1040. The van der Waals surface area contributed by atoms with E-state index in [1.807, 2.05) is 0 Å². The Labute approximate surface area is 176 Å². The monoisotopic (exact) mass is 432 g/mol. The number of rotatable bonds is 5. The van der Waals surface area contributed by atoms with Crippen molar-refractivity contribution < 1.29 is 22.4 Å². The number of hydrogen-bond acceptors (Lipinski definition) is 4. The highest BCUT2D eigenvalue weighted by atomic mass is 32.2. The van der Waals surface area contributed by atoms with Crippen LogP contribution in [0, 0.1) is 5.82 Å². The lowest BCUT2D eigenvalue weighted by atomic mass is 9.83. The summed E-state index contributed by atoms with van der Waals surface area (Å²) >= 11 is 0. The van der Waals surface area contributed by atoms with Crippen LogP contribution in [-0.2, 0) is 20.2 Å². The first-order valence-corrected chi connectivity index (χ1v) is 11.1. The molecule has 30 heavy (non-hydrogen) atoms. The van der Waals surface area contributed by atoms with E-state index in [0.717, 1.165) is 0 Å². The Morgan fingerprint density at radius 3 is 1.93 bits per heavy atom. The summed E-state index contributed by atoms with van der Waals surface area (Å²) in [5.74, 6) is -0.621. The van der Waals surface area contributed by atoms with E-state index >= 15 is 0 Å². The molecule has 2 aromatic carbocycles. The van der Waals surface area contributed by atoms with E-state index in [1.54, 1.807) is 30.9 Å². The number of halogens is 1. The third-order valence-corrected chi connectivity index (χ3v) is 7.44. The molecular weight excluding hydrogens is 407 g/mol. The molecule has 1 saturated heterocycles. The second-order valence-electron chi connectivity index (χ2n) is 7.91. The Morgan fingerprint density at radius 2 is 1.43 bits per heavy atom. The number of piperazine rings is 1. The van der Waals surface area contributed by atoms with E-state index in [1.165, 1.54) is 47.6 Å². The summed E-state index contributed by atoms with van der Waals surface area (Å²) in [6.07, 6.45) is 0. The number of carbonyl (C=O) groups excluding carboxylic acids is 2. The average Bonchev–Trinajstić information content (AvgIpc) is 2.73. The van der Waals surface area contributed by atoms with Crippen LogP contribution >= 0.6 is 0 Å². The molecule has 1 heterocycles. The molecule has 0 saturated carbocycles. The molecule has 3 rings (SSSR count). The van der Waals surface area contributed by atoms with Gasteiger partial charge in [-0.2, -0.15) is 4.31 Å². The van der Waals surface area contributed by atoms with Crippen LogP contribution in [0.5, 0.6) is 0 Å². The second kappa shape index (κ2) is 8.28. The zero-order chi connectivity index (χ0) is 22.1. The maximum absolute atomic E-state index is 13.2. The Hall–Kier alpha value is -2.58. The fraction of sp³-hybridized carbons (Fsp3) is 0.364. The van der Waals surface area contributed by atoms with Crippen molar-refractivity contribution in [1.29, 1.82) is 0 Å². The molecule has 1 aliphatic heterocycles. The van der Waals surface area contributed by atoms with Gasteiger partial charge in [-0.3, -0.25) is 9.59 Å². The number of Topliss-reactive ketones (excluding diaryl/α,β-unsaturated/α-hetero) is 1. The maximum atomic E-state index is 13.2. The van der Waals surface area contributed by atoms with Crippen LogP contribution in [0.4, 0.5) is 4.39 Å². The van der Waals surface area contributed by atoms with Crippen molar-refractivity contribution >= 4 is 21.7 Å². The second-order valence-corrected chi connectivity index (χ2v) is 9.85. The summed E-state index contributed by atoms with van der Waals surface area (Å²) in [5.41, 5.74) is 0.305. The normalized spacial score (nSPS) is 15.8. The lowest BCUT2D eigenvalue weighted by Gasteiger charge is -2.38. The van der Waals surface area contributed by atoms with Gasteiger partial charge in [-0.05, 0) is 50.6 Å². The number of sulfonamides is 1. The molecule has 0 unspecified atom stereocenters. The average molecular weight is 433 g/mol. The predicted molar refractivity (Wildman–Crippen MR) is 111 cm³/mol. The van der Waals surface area contributed by atoms with E-state index in [4.69, 9.17) is 0 Å². The van der Waals surface area contributed by atoms with E-state index in [-0.39, 0.29) is 48.6 Å². The lowest BCUT2D eigenvalue weighted by Crippen LogP contribution is -2.54. The van der Waals surface area contributed by atoms with E-state index < -0.39 is 15.4 Å². The van der Waals surface area contributed by atoms with Gasteiger partial charge in [0, 0.05) is 31.7 Å². The highest BCUT2D eigenvalue weighted by Gasteiger charge is 2.37. The standard InChI is InChI=1S/C22H25FN2O4S/c1-16(26)17-4-10-20(11-5-17)30(28,29)25-14-12-24(13-15-25)21(27)22(2,3)18-6-8-19(23)9-7-18/h4-11H,12-15H2,1-3H3. The fourth-order valence-electron chi connectivity index (χ4n) is 3.53. The van der Waals surface area contributed by atoms with Crippen LogP contribution in [0.15, 0.2) is 53.4 Å². The molecule has 2 aromatic rings. The van der Waals surface area contributed by atoms with Crippen molar-refractivity contribution in [2.75, 3.05) is 26.2 Å². The van der Waals surface area contributed by atoms with Gasteiger partial charge in [-0.1, -0.05) is 24.3 Å². The molecule has 0 radical (unpaired) electrons. The van der Waals surface area contributed by atoms with E-state index in [9.17, 15) is 22.4 Å². The topological polar surface area (TPSA) is 74.8 Å². The number of hydrogen-bond donors (Lipinski definition) is 0. The molecule has 6 nitrogen and oxygen atoms in total. The largest absolute Gasteiger partial charge is 0.339 e. The molecule has 1 amide bonds. The number of amides is 1. The Kier molecular flexibility index (Phi) is 6.10. The summed E-state index contributed by atoms with van der Waals surface area (Å²) in [7, 11) is -3.70. The van der Waals surface area contributed by atoms with Crippen molar-refractivity contribution in [2.24, 2.45) is 0 Å². The minimum absolute atomic E-state index is 0.124. The molecule has 0 aliphatic carbocycles. The molecule has 0 aromatic heterocycles. The van der Waals surface area contributed by atoms with Crippen LogP contribution < -0.4 is 0 Å². The summed E-state index contributed by atoms with van der Waals surface area (Å²) in [5, 5.41) is 0. The van der Waals surface area contributed by atoms with Crippen LogP contribution in [-0.4, -0.2) is 55.5 Å². The summed E-state index contributed by atoms with van der Waals surface area (Å²) in [6.45, 7) is 5.89. The summed E-state index contributed by atoms with van der Waals surface area (Å²) in [4.78, 5) is 26.2. The van der Waals surface area contributed by atoms with Gasteiger partial charge in [0.2, 0.25) is 15.9 Å². The molecule has 0 atom stereocenters. The van der Waals surface area contributed by atoms with Crippen LogP contribution in [0.3, 0.4) is 0 Å². The van der Waals surface area contributed by atoms with Gasteiger partial charge >= 0.3 is 0 Å². The molecule has 8 heteroatoms. The molecule has 0 spiro atoms. The molecule has 1 fully saturated rings. The van der Waals surface area contributed by atoms with Gasteiger partial charge in [-0.25, -0.2) is 12.8 Å². The lowest BCUT2D eigenvalue weighted by molar-refractivity contribution is -0.137. The third kappa shape index (κ3) is 4.29. The van der Waals surface area contributed by atoms with Gasteiger partial charge in [0.05, 0.1) is 10.3 Å². The molecular formula is C22H25FN2O4S. The van der Waals surface area contributed by atoms with E-state index in [0.29, 0.717) is 11.1 Å². The van der Waals surface area contributed by atoms with Crippen molar-refractivity contribution in [2.45, 2.75) is 31.1 Å². The molecule has 0 N–H and O–H groups in total. The predicted octanol–water partition coefficient (Wildman–Crippen LogP) is 2.84. The molecule has 160 valence electrons. The van der Waals surface area contributed by atoms with Crippen LogP contribution in [0.25, 0.3) is 0 Å². The number of nitrogens with zero attached hydrogens (tertiary/aromatic N) is 2. The van der Waals surface area contributed by atoms with Crippen molar-refractivity contribution in [3.05, 3.63) is 65.5 Å². The minimum atomic E-state index is -3.70. The van der Waals surface area contributed by atoms with Gasteiger partial charge in [0.1, 0.15) is 5.82 Å². The van der Waals surface area contributed by atoms with Crippen molar-refractivity contribution in [1.82, 2.24) is 9.21 Å². The van der Waals surface area contributed by atoms with Gasteiger partial charge in [0.15, 0.2) is 5.78 Å². The fourth-order valence-corrected chi connectivity index (χ4v) is 4.95. The molecule has 1 aliphatic rings. The highest BCUT2D eigenvalue weighted by molar-refractivity contribution is 7.89. The zero-order valence-electron chi connectivity index (χ0n) is 17.3. The summed E-state index contributed by atoms with van der Waals surface area (Å²) < 4.78 is 40.4. The smallest absolute Gasteiger partial charge is 0.243 e. The van der Waals surface area contributed by atoms with Crippen molar-refractivity contribution in [3.63, 3.8) is 0 Å². The first kappa shape index (κ1) is 22.1. The zero-order valence-corrected chi connectivity index (χ0v) is 18.1. The third-order valence-electron chi connectivity index (χ3n) is 5.53. The molecule has 0 bridgehead atoms. The van der Waals surface area contributed by atoms with Crippen LogP contribution in [0.1, 0.15) is 36.7 Å². The minimum Gasteiger partial charge on any atom is -0.339 e. The Balaban J connectivity index is 1.69.